The van der Waals surface area contributed by atoms with Crippen LogP contribution in [-0.4, -0.2) is 33.6 Å². The number of benzene rings is 3. The Hall–Kier alpha value is -4.33. The summed E-state index contributed by atoms with van der Waals surface area (Å²) in [5.41, 5.74) is 2.05. The maximum atomic E-state index is 13.5. The first kappa shape index (κ1) is 21.9. The highest BCUT2D eigenvalue weighted by atomic mass is 16.6. The molecule has 0 spiro atoms. The lowest BCUT2D eigenvalue weighted by Gasteiger charge is -2.28. The largest absolute Gasteiger partial charge is 0.322 e. The lowest BCUT2D eigenvalue weighted by atomic mass is 10.1. The van der Waals surface area contributed by atoms with Crippen molar-refractivity contribution in [2.24, 2.45) is 0 Å². The highest BCUT2D eigenvalue weighted by Crippen LogP contribution is 2.28. The van der Waals surface area contributed by atoms with Crippen LogP contribution in [0, 0.1) is 17.0 Å². The number of hydrogen-bond acceptors (Lipinski definition) is 5. The first-order chi connectivity index (χ1) is 15.8. The zero-order valence-electron chi connectivity index (χ0n) is 17.9. The van der Waals surface area contributed by atoms with Gasteiger partial charge in [-0.3, -0.25) is 24.5 Å². The van der Waals surface area contributed by atoms with Gasteiger partial charge in [0.2, 0.25) is 5.91 Å². The number of aryl methyl sites for hydroxylation is 1. The zero-order chi connectivity index (χ0) is 23.5. The minimum absolute atomic E-state index is 0.0772. The second kappa shape index (κ2) is 9.04. The van der Waals surface area contributed by atoms with Crippen LogP contribution < -0.4 is 4.90 Å². The molecule has 1 aliphatic rings. The van der Waals surface area contributed by atoms with Gasteiger partial charge in [0.1, 0.15) is 6.04 Å². The number of amides is 3. The molecule has 1 saturated heterocycles. The number of hydrogen-bond donors (Lipinski definition) is 0. The molecule has 8 heteroatoms. The molecule has 1 fully saturated rings. The van der Waals surface area contributed by atoms with Gasteiger partial charge in [-0.1, -0.05) is 54.1 Å². The minimum atomic E-state index is -1.02. The summed E-state index contributed by atoms with van der Waals surface area (Å²) in [6.07, 6.45) is -0.166. The molecule has 0 saturated carbocycles. The molecule has 166 valence electrons. The van der Waals surface area contributed by atoms with Crippen LogP contribution in [0.25, 0.3) is 0 Å². The van der Waals surface area contributed by atoms with Crippen LogP contribution in [0.2, 0.25) is 0 Å². The van der Waals surface area contributed by atoms with Crippen LogP contribution in [0.3, 0.4) is 0 Å². The van der Waals surface area contributed by atoms with Gasteiger partial charge < -0.3 is 4.90 Å². The highest BCUT2D eigenvalue weighted by molar-refractivity contribution is 6.23. The molecule has 0 N–H and O–H groups in total. The molecular formula is C25H21N3O5. The maximum absolute atomic E-state index is 13.5. The van der Waals surface area contributed by atoms with E-state index in [4.69, 9.17) is 0 Å². The quantitative estimate of drug-likeness (QED) is 0.327. The van der Waals surface area contributed by atoms with Gasteiger partial charge in [-0.2, -0.15) is 0 Å². The van der Waals surface area contributed by atoms with E-state index in [1.54, 1.807) is 24.3 Å². The van der Waals surface area contributed by atoms with E-state index in [1.807, 2.05) is 37.3 Å². The van der Waals surface area contributed by atoms with Crippen molar-refractivity contribution in [2.75, 3.05) is 4.90 Å². The van der Waals surface area contributed by atoms with Crippen LogP contribution in [0.4, 0.5) is 11.4 Å². The summed E-state index contributed by atoms with van der Waals surface area (Å²) in [7, 11) is 0. The molecule has 1 atom stereocenters. The third-order valence-corrected chi connectivity index (χ3v) is 5.55. The number of nitro benzene ring substituents is 1. The molecule has 1 heterocycles. The SMILES string of the molecule is Cc1ccc(N2C(=O)CC(N(Cc3ccccc3)C(=O)c3cccc([N+](=O)[O-])c3)C2=O)cc1. The molecule has 33 heavy (non-hydrogen) atoms. The number of carbonyl (C=O) groups is 3. The predicted octanol–water partition coefficient (Wildman–Crippen LogP) is 3.88. The summed E-state index contributed by atoms with van der Waals surface area (Å²) in [4.78, 5) is 52.7. The van der Waals surface area contributed by atoms with Crippen molar-refractivity contribution in [3.63, 3.8) is 0 Å². The first-order valence-electron chi connectivity index (χ1n) is 10.4. The number of imide groups is 1. The van der Waals surface area contributed by atoms with Gasteiger partial charge in [-0.05, 0) is 30.7 Å². The fourth-order valence-corrected chi connectivity index (χ4v) is 3.85. The van der Waals surface area contributed by atoms with E-state index in [1.165, 1.54) is 29.2 Å². The van der Waals surface area contributed by atoms with Gasteiger partial charge in [0.05, 0.1) is 17.0 Å². The van der Waals surface area contributed by atoms with Crippen molar-refractivity contribution in [2.45, 2.75) is 25.9 Å². The van der Waals surface area contributed by atoms with Gasteiger partial charge in [0, 0.05) is 24.2 Å². The summed E-state index contributed by atoms with van der Waals surface area (Å²) in [5, 5.41) is 11.2. The zero-order valence-corrected chi connectivity index (χ0v) is 17.9. The Morgan fingerprint density at radius 3 is 2.39 bits per heavy atom. The average molecular weight is 443 g/mol. The fourth-order valence-electron chi connectivity index (χ4n) is 3.85. The second-order valence-electron chi connectivity index (χ2n) is 7.85. The summed E-state index contributed by atoms with van der Waals surface area (Å²) in [6, 6.07) is 20.4. The van der Waals surface area contributed by atoms with Crippen molar-refractivity contribution >= 4 is 29.1 Å². The van der Waals surface area contributed by atoms with Crippen LogP contribution >= 0.6 is 0 Å². The lowest BCUT2D eigenvalue weighted by molar-refractivity contribution is -0.384. The molecule has 0 aromatic heterocycles. The molecular weight excluding hydrogens is 422 g/mol. The Morgan fingerprint density at radius 2 is 1.73 bits per heavy atom. The smallest absolute Gasteiger partial charge is 0.270 e. The van der Waals surface area contributed by atoms with Gasteiger partial charge in [0.25, 0.3) is 17.5 Å². The molecule has 0 bridgehead atoms. The molecule has 8 nitrogen and oxygen atoms in total. The lowest BCUT2D eigenvalue weighted by Crippen LogP contribution is -2.45. The van der Waals surface area contributed by atoms with Gasteiger partial charge in [-0.15, -0.1) is 0 Å². The summed E-state index contributed by atoms with van der Waals surface area (Å²) >= 11 is 0. The Morgan fingerprint density at radius 1 is 1.03 bits per heavy atom. The van der Waals surface area contributed by atoms with Crippen molar-refractivity contribution in [1.29, 1.82) is 0 Å². The van der Waals surface area contributed by atoms with E-state index in [0.717, 1.165) is 16.0 Å². The predicted molar refractivity (Wildman–Crippen MR) is 121 cm³/mol. The van der Waals surface area contributed by atoms with Crippen molar-refractivity contribution in [3.8, 4) is 0 Å². The third-order valence-electron chi connectivity index (χ3n) is 5.55. The molecule has 3 aromatic carbocycles. The van der Waals surface area contributed by atoms with Crippen molar-refractivity contribution in [3.05, 3.63) is 106 Å². The molecule has 1 unspecified atom stereocenters. The summed E-state index contributed by atoms with van der Waals surface area (Å²) in [6.45, 7) is 1.98. The summed E-state index contributed by atoms with van der Waals surface area (Å²) < 4.78 is 0. The average Bonchev–Trinajstić information content (AvgIpc) is 3.12. The van der Waals surface area contributed by atoms with Crippen LogP contribution in [0.5, 0.6) is 0 Å². The van der Waals surface area contributed by atoms with Crippen molar-refractivity contribution in [1.82, 2.24) is 4.90 Å². The first-order valence-corrected chi connectivity index (χ1v) is 10.4. The number of nitrogens with zero attached hydrogens (tertiary/aromatic N) is 3. The minimum Gasteiger partial charge on any atom is -0.322 e. The van der Waals surface area contributed by atoms with Crippen LogP contribution in [-0.2, 0) is 16.1 Å². The number of non-ortho nitro benzene ring substituents is 1. The van der Waals surface area contributed by atoms with E-state index in [-0.39, 0.29) is 24.2 Å². The monoisotopic (exact) mass is 443 g/mol. The Balaban J connectivity index is 1.70. The Kier molecular flexibility index (Phi) is 5.99. The number of rotatable bonds is 6. The molecule has 3 amide bonds. The number of carbonyl (C=O) groups excluding carboxylic acids is 3. The number of anilines is 1. The van der Waals surface area contributed by atoms with E-state index in [2.05, 4.69) is 0 Å². The van der Waals surface area contributed by atoms with Gasteiger partial charge in [0.15, 0.2) is 0 Å². The number of nitro groups is 1. The Labute approximate surface area is 190 Å². The molecule has 4 rings (SSSR count). The standard InChI is InChI=1S/C25H21N3O5/c1-17-10-12-20(13-11-17)27-23(29)15-22(25(27)31)26(16-18-6-3-2-4-7-18)24(30)19-8-5-9-21(14-19)28(32)33/h2-14,22H,15-16H2,1H3. The maximum Gasteiger partial charge on any atom is 0.270 e. The van der Waals surface area contributed by atoms with Gasteiger partial charge in [-0.25, -0.2) is 4.90 Å². The molecule has 0 radical (unpaired) electrons. The van der Waals surface area contributed by atoms with Gasteiger partial charge >= 0.3 is 0 Å². The highest BCUT2D eigenvalue weighted by Gasteiger charge is 2.44. The fraction of sp³-hybridized carbons (Fsp3) is 0.160. The van der Waals surface area contributed by atoms with Crippen molar-refractivity contribution < 1.29 is 19.3 Å². The second-order valence-corrected chi connectivity index (χ2v) is 7.85. The topological polar surface area (TPSA) is 101 Å². The third kappa shape index (κ3) is 4.50. The Bertz CT molecular complexity index is 1220. The van der Waals surface area contributed by atoms with E-state index < -0.39 is 28.7 Å². The summed E-state index contributed by atoms with van der Waals surface area (Å²) in [5.74, 6) is -1.46. The molecule has 1 aliphatic heterocycles. The molecule has 0 aliphatic carbocycles. The van der Waals surface area contributed by atoms with Crippen LogP contribution in [0.15, 0.2) is 78.9 Å². The van der Waals surface area contributed by atoms with Crippen LogP contribution in [0.1, 0.15) is 27.9 Å². The van der Waals surface area contributed by atoms with E-state index in [9.17, 15) is 24.5 Å². The van der Waals surface area contributed by atoms with E-state index in [0.29, 0.717) is 5.69 Å². The molecule has 3 aromatic rings. The normalized spacial score (nSPS) is 15.5. The van der Waals surface area contributed by atoms with E-state index >= 15 is 0 Å².